The molecule has 0 aromatic heterocycles. The van der Waals surface area contributed by atoms with Crippen LogP contribution in [0.4, 0.5) is 10.5 Å². The SMILES string of the molecule is COc1ccc(C(OCCC(O)c2ccc(NC(=O)O[C@@H]3CC[C@]4(C)C(=CCC5C6CCC(CCCC(C)C)[C@]6(C)CCC54)C3)cc2)(c2ccccc2)c2ccc(OC)cc2)cc1. The molecule has 336 valence electrons. The third-order valence-corrected chi connectivity index (χ3v) is 16.3. The number of benzene rings is 4. The first kappa shape index (κ1) is 45.0. The molecule has 0 bridgehead atoms. The van der Waals surface area contributed by atoms with Crippen LogP contribution in [0.3, 0.4) is 0 Å². The van der Waals surface area contributed by atoms with Crippen LogP contribution in [0.2, 0.25) is 0 Å². The molecule has 0 radical (unpaired) electrons. The van der Waals surface area contributed by atoms with Crippen LogP contribution in [0.15, 0.2) is 115 Å². The van der Waals surface area contributed by atoms with Gasteiger partial charge in [0, 0.05) is 18.5 Å². The quantitative estimate of drug-likeness (QED) is 0.0862. The molecule has 7 nitrogen and oxygen atoms in total. The van der Waals surface area contributed by atoms with Gasteiger partial charge in [-0.1, -0.05) is 119 Å². The predicted octanol–water partition coefficient (Wildman–Crippen LogP) is 13.5. The minimum atomic E-state index is -0.968. The molecular formula is C56H71NO6. The van der Waals surface area contributed by atoms with E-state index in [0.29, 0.717) is 17.5 Å². The standard InChI is InChI=1S/C56H71NO6/c1-38(2)11-10-14-40-22-30-50-49-29-21-44-37-48(31-34-55(44,4)51(49)32-35-54(40,50)3)63-53(59)57-45-23-15-39(16-24-45)52(58)33-36-62-56(41-12-8-7-9-13-41,42-17-25-46(60-5)26-18-42)43-19-27-47(61-6)28-20-43/h7-9,12-13,15-21,23-28,38,40,48-52,58H,10-11,14,22,29-37H2,1-6H3,(H,57,59)/t40?,48-,49?,50?,51?,52?,54+,55-/m1/s1. The van der Waals surface area contributed by atoms with Gasteiger partial charge in [-0.05, 0) is 150 Å². The number of hydrogen-bond donors (Lipinski definition) is 2. The van der Waals surface area contributed by atoms with Crippen LogP contribution in [0.5, 0.6) is 11.5 Å². The van der Waals surface area contributed by atoms with E-state index < -0.39 is 17.8 Å². The molecule has 3 saturated carbocycles. The zero-order chi connectivity index (χ0) is 44.2. The van der Waals surface area contributed by atoms with E-state index in [-0.39, 0.29) is 18.1 Å². The molecule has 0 heterocycles. The lowest BCUT2D eigenvalue weighted by Gasteiger charge is -2.58. The molecule has 0 saturated heterocycles. The normalized spacial score (nSPS) is 27.0. The molecule has 0 spiro atoms. The largest absolute Gasteiger partial charge is 0.497 e. The lowest BCUT2D eigenvalue weighted by molar-refractivity contribution is -0.0514. The van der Waals surface area contributed by atoms with Crippen molar-refractivity contribution in [2.24, 2.45) is 40.4 Å². The summed E-state index contributed by atoms with van der Waals surface area (Å²) in [6, 6.07) is 33.4. The number of nitrogens with one attached hydrogen (secondary N) is 1. The number of hydrogen-bond acceptors (Lipinski definition) is 6. The first-order valence-corrected chi connectivity index (χ1v) is 23.9. The van der Waals surface area contributed by atoms with Gasteiger partial charge < -0.3 is 24.1 Å². The van der Waals surface area contributed by atoms with E-state index in [9.17, 15) is 9.90 Å². The van der Waals surface area contributed by atoms with Crippen molar-refractivity contribution in [3.8, 4) is 11.5 Å². The van der Waals surface area contributed by atoms with Crippen LogP contribution in [-0.4, -0.2) is 38.1 Å². The van der Waals surface area contributed by atoms with Gasteiger partial charge in [0.2, 0.25) is 0 Å². The van der Waals surface area contributed by atoms with Gasteiger partial charge in [0.25, 0.3) is 0 Å². The maximum absolute atomic E-state index is 13.3. The van der Waals surface area contributed by atoms with E-state index in [1.165, 1.54) is 56.9 Å². The van der Waals surface area contributed by atoms with Crippen LogP contribution in [0, 0.1) is 40.4 Å². The second kappa shape index (κ2) is 19.3. The van der Waals surface area contributed by atoms with Crippen molar-refractivity contribution in [1.29, 1.82) is 0 Å². The van der Waals surface area contributed by atoms with Crippen molar-refractivity contribution in [2.75, 3.05) is 26.1 Å². The molecule has 1 amide bonds. The van der Waals surface area contributed by atoms with Gasteiger partial charge in [-0.3, -0.25) is 5.32 Å². The first-order valence-electron chi connectivity index (χ1n) is 23.9. The third kappa shape index (κ3) is 9.20. The van der Waals surface area contributed by atoms with Crippen molar-refractivity contribution in [3.05, 3.63) is 137 Å². The molecule has 4 aromatic rings. The average molecular weight is 854 g/mol. The van der Waals surface area contributed by atoms with Gasteiger partial charge in [-0.25, -0.2) is 4.79 Å². The van der Waals surface area contributed by atoms with Crippen molar-refractivity contribution < 1.29 is 28.8 Å². The topological polar surface area (TPSA) is 86.2 Å². The van der Waals surface area contributed by atoms with E-state index in [4.69, 9.17) is 18.9 Å². The summed E-state index contributed by atoms with van der Waals surface area (Å²) < 4.78 is 24.0. The maximum Gasteiger partial charge on any atom is 0.411 e. The number of carbonyl (C=O) groups is 1. The Balaban J connectivity index is 0.870. The van der Waals surface area contributed by atoms with Gasteiger partial charge in [0.15, 0.2) is 0 Å². The van der Waals surface area contributed by atoms with E-state index >= 15 is 0 Å². The van der Waals surface area contributed by atoms with E-state index in [1.54, 1.807) is 14.2 Å². The zero-order valence-corrected chi connectivity index (χ0v) is 38.6. The number of rotatable bonds is 16. The highest BCUT2D eigenvalue weighted by Crippen LogP contribution is 2.67. The summed E-state index contributed by atoms with van der Waals surface area (Å²) >= 11 is 0. The Morgan fingerprint density at radius 2 is 1.43 bits per heavy atom. The number of methoxy groups -OCH3 is 2. The molecule has 8 rings (SSSR count). The highest BCUT2D eigenvalue weighted by Gasteiger charge is 2.58. The van der Waals surface area contributed by atoms with E-state index in [0.717, 1.165) is 82.6 Å². The summed E-state index contributed by atoms with van der Waals surface area (Å²) in [5, 5.41) is 14.4. The number of aliphatic hydroxyl groups excluding tert-OH is 1. The van der Waals surface area contributed by atoms with Gasteiger partial charge in [-0.15, -0.1) is 0 Å². The Kier molecular flexibility index (Phi) is 13.8. The average Bonchev–Trinajstić information content (AvgIpc) is 3.64. The fourth-order valence-corrected chi connectivity index (χ4v) is 12.7. The fraction of sp³-hybridized carbons (Fsp3) is 0.518. The highest BCUT2D eigenvalue weighted by atomic mass is 16.6. The van der Waals surface area contributed by atoms with E-state index in [2.05, 4.69) is 51.2 Å². The molecule has 4 aliphatic rings. The molecule has 8 atom stereocenters. The van der Waals surface area contributed by atoms with Gasteiger partial charge >= 0.3 is 6.09 Å². The Morgan fingerprint density at radius 3 is 2.06 bits per heavy atom. The predicted molar refractivity (Wildman–Crippen MR) is 252 cm³/mol. The third-order valence-electron chi connectivity index (χ3n) is 16.3. The van der Waals surface area contributed by atoms with Gasteiger partial charge in [0.05, 0.1) is 26.9 Å². The highest BCUT2D eigenvalue weighted by molar-refractivity contribution is 5.84. The van der Waals surface area contributed by atoms with Crippen LogP contribution in [0.1, 0.15) is 133 Å². The van der Waals surface area contributed by atoms with Crippen molar-refractivity contribution in [1.82, 2.24) is 0 Å². The van der Waals surface area contributed by atoms with Crippen molar-refractivity contribution in [3.63, 3.8) is 0 Å². The molecule has 2 N–H and O–H groups in total. The van der Waals surface area contributed by atoms with Crippen LogP contribution >= 0.6 is 0 Å². The number of aliphatic hydroxyl groups is 1. The lowest BCUT2D eigenvalue weighted by atomic mass is 9.47. The number of amides is 1. The molecule has 63 heavy (non-hydrogen) atoms. The fourth-order valence-electron chi connectivity index (χ4n) is 12.7. The molecule has 7 heteroatoms. The summed E-state index contributed by atoms with van der Waals surface area (Å²) in [7, 11) is 3.32. The monoisotopic (exact) mass is 854 g/mol. The number of fused-ring (bicyclic) bond motifs is 5. The molecule has 4 aliphatic carbocycles. The van der Waals surface area contributed by atoms with Crippen LogP contribution in [0.25, 0.3) is 0 Å². The van der Waals surface area contributed by atoms with Crippen LogP contribution in [-0.2, 0) is 15.1 Å². The second-order valence-corrected chi connectivity index (χ2v) is 20.1. The molecule has 3 fully saturated rings. The zero-order valence-electron chi connectivity index (χ0n) is 38.6. The number of allylic oxidation sites excluding steroid dienone is 1. The summed E-state index contributed by atoms with van der Waals surface area (Å²) in [6.45, 7) is 10.2. The Hall–Kier alpha value is -4.59. The molecule has 5 unspecified atom stereocenters. The number of ether oxygens (including phenoxy) is 4. The van der Waals surface area contributed by atoms with E-state index in [1.807, 2.05) is 91.0 Å². The Morgan fingerprint density at radius 1 is 0.778 bits per heavy atom. The number of anilines is 1. The molecule has 4 aromatic carbocycles. The minimum Gasteiger partial charge on any atom is -0.497 e. The van der Waals surface area contributed by atoms with Gasteiger partial charge in [0.1, 0.15) is 23.2 Å². The molecule has 0 aliphatic heterocycles. The van der Waals surface area contributed by atoms with Gasteiger partial charge in [-0.2, -0.15) is 0 Å². The molecular weight excluding hydrogens is 783 g/mol. The summed E-state index contributed by atoms with van der Waals surface area (Å²) in [6.07, 6.45) is 15.3. The summed E-state index contributed by atoms with van der Waals surface area (Å²) in [5.74, 6) is 5.60. The first-order chi connectivity index (χ1) is 30.5. The lowest BCUT2D eigenvalue weighted by Crippen LogP contribution is -2.50. The van der Waals surface area contributed by atoms with Crippen molar-refractivity contribution >= 4 is 11.8 Å². The Bertz CT molecular complexity index is 2100. The minimum absolute atomic E-state index is 0.119. The van der Waals surface area contributed by atoms with Crippen LogP contribution < -0.4 is 14.8 Å². The Labute approximate surface area is 377 Å². The summed E-state index contributed by atoms with van der Waals surface area (Å²) in [5.41, 5.74) is 5.50. The number of carbonyl (C=O) groups excluding carboxylic acids is 1. The summed E-state index contributed by atoms with van der Waals surface area (Å²) in [4.78, 5) is 13.3. The van der Waals surface area contributed by atoms with Crippen molar-refractivity contribution in [2.45, 2.75) is 123 Å². The maximum atomic E-state index is 13.3. The second-order valence-electron chi connectivity index (χ2n) is 20.1. The smallest absolute Gasteiger partial charge is 0.411 e.